The van der Waals surface area contributed by atoms with Crippen LogP contribution in [0.1, 0.15) is 11.4 Å². The number of aromatic nitrogens is 3. The first-order chi connectivity index (χ1) is 6.74. The minimum Gasteiger partial charge on any atom is -0.399 e. The third-order valence-corrected chi connectivity index (χ3v) is 1.96. The molecule has 0 aliphatic carbocycles. The number of benzene rings is 1. The predicted molar refractivity (Wildman–Crippen MR) is 54.7 cm³/mol. The number of nitrogen functional groups attached to an aromatic ring is 1. The molecule has 4 nitrogen and oxygen atoms in total. The van der Waals surface area contributed by atoms with E-state index < -0.39 is 0 Å². The molecule has 0 aliphatic rings. The van der Waals surface area contributed by atoms with E-state index in [1.54, 1.807) is 11.0 Å². The Kier molecular flexibility index (Phi) is 2.18. The quantitative estimate of drug-likeness (QED) is 0.715. The van der Waals surface area contributed by atoms with Gasteiger partial charge >= 0.3 is 0 Å². The number of nitrogens with zero attached hydrogens (tertiary/aromatic N) is 3. The maximum Gasteiger partial charge on any atom is 0.154 e. The Bertz CT molecular complexity index is 433. The average Bonchev–Trinajstić information content (AvgIpc) is 2.51. The van der Waals surface area contributed by atoms with Crippen LogP contribution < -0.4 is 5.73 Å². The van der Waals surface area contributed by atoms with Crippen molar-refractivity contribution in [3.63, 3.8) is 0 Å². The highest BCUT2D eigenvalue weighted by Crippen LogP contribution is 2.09. The summed E-state index contributed by atoms with van der Waals surface area (Å²) in [4.78, 5) is 4.15. The minimum atomic E-state index is 0.728. The van der Waals surface area contributed by atoms with Crippen LogP contribution in [0.25, 0.3) is 0 Å². The zero-order chi connectivity index (χ0) is 9.97. The second kappa shape index (κ2) is 3.49. The van der Waals surface area contributed by atoms with Crippen LogP contribution in [-0.2, 0) is 13.5 Å². The lowest BCUT2D eigenvalue weighted by Gasteiger charge is -1.98. The number of aryl methyl sites for hydroxylation is 1. The minimum absolute atomic E-state index is 0.728. The first-order valence-corrected chi connectivity index (χ1v) is 4.43. The summed E-state index contributed by atoms with van der Waals surface area (Å²) in [5.41, 5.74) is 7.58. The summed E-state index contributed by atoms with van der Waals surface area (Å²) in [6.07, 6.45) is 2.42. The summed E-state index contributed by atoms with van der Waals surface area (Å²) >= 11 is 0. The second-order valence-electron chi connectivity index (χ2n) is 3.26. The Hall–Kier alpha value is -1.84. The fourth-order valence-corrected chi connectivity index (χ4v) is 1.35. The van der Waals surface area contributed by atoms with Crippen molar-refractivity contribution in [2.24, 2.45) is 7.05 Å². The molecule has 72 valence electrons. The van der Waals surface area contributed by atoms with Crippen molar-refractivity contribution in [3.8, 4) is 0 Å². The molecule has 0 unspecified atom stereocenters. The van der Waals surface area contributed by atoms with Crippen LogP contribution in [0, 0.1) is 0 Å². The van der Waals surface area contributed by atoms with E-state index in [0.29, 0.717) is 0 Å². The lowest BCUT2D eigenvalue weighted by molar-refractivity contribution is 0.749. The van der Waals surface area contributed by atoms with E-state index >= 15 is 0 Å². The zero-order valence-electron chi connectivity index (χ0n) is 8.01. The smallest absolute Gasteiger partial charge is 0.154 e. The molecule has 1 heterocycles. The maximum atomic E-state index is 5.67. The largest absolute Gasteiger partial charge is 0.399 e. The van der Waals surface area contributed by atoms with Crippen LogP contribution in [-0.4, -0.2) is 14.8 Å². The highest BCUT2D eigenvalue weighted by atomic mass is 15.3. The summed E-state index contributed by atoms with van der Waals surface area (Å²) in [5.74, 6) is 0.818. The van der Waals surface area contributed by atoms with Gasteiger partial charge in [0.2, 0.25) is 0 Å². The fourth-order valence-electron chi connectivity index (χ4n) is 1.35. The third-order valence-electron chi connectivity index (χ3n) is 1.96. The van der Waals surface area contributed by atoms with Crippen molar-refractivity contribution in [1.29, 1.82) is 0 Å². The molecular weight excluding hydrogens is 176 g/mol. The number of rotatable bonds is 2. The van der Waals surface area contributed by atoms with Gasteiger partial charge in [0, 0.05) is 19.2 Å². The summed E-state index contributed by atoms with van der Waals surface area (Å²) in [7, 11) is 1.86. The third kappa shape index (κ3) is 1.90. The van der Waals surface area contributed by atoms with Gasteiger partial charge in [-0.25, -0.2) is 4.98 Å². The van der Waals surface area contributed by atoms with Gasteiger partial charge in [-0.05, 0) is 17.7 Å². The van der Waals surface area contributed by atoms with Gasteiger partial charge in [0.15, 0.2) is 5.82 Å². The van der Waals surface area contributed by atoms with E-state index in [1.165, 1.54) is 0 Å². The molecule has 4 heteroatoms. The van der Waals surface area contributed by atoms with E-state index in [4.69, 9.17) is 5.73 Å². The highest BCUT2D eigenvalue weighted by Gasteiger charge is 2.00. The molecular formula is C10H12N4. The number of anilines is 1. The van der Waals surface area contributed by atoms with Gasteiger partial charge in [0.1, 0.15) is 6.33 Å². The highest BCUT2D eigenvalue weighted by molar-refractivity contribution is 5.41. The van der Waals surface area contributed by atoms with E-state index in [9.17, 15) is 0 Å². The molecule has 2 aromatic rings. The average molecular weight is 188 g/mol. The zero-order valence-corrected chi connectivity index (χ0v) is 8.01. The lowest BCUT2D eigenvalue weighted by atomic mass is 10.1. The molecule has 0 fully saturated rings. The van der Waals surface area contributed by atoms with E-state index in [1.807, 2.05) is 31.3 Å². The number of hydrogen-bond acceptors (Lipinski definition) is 3. The van der Waals surface area contributed by atoms with Gasteiger partial charge < -0.3 is 5.73 Å². The molecule has 0 aliphatic heterocycles. The van der Waals surface area contributed by atoms with Gasteiger partial charge in [-0.2, -0.15) is 5.10 Å². The molecule has 2 rings (SSSR count). The van der Waals surface area contributed by atoms with E-state index in [-0.39, 0.29) is 0 Å². The summed E-state index contributed by atoms with van der Waals surface area (Å²) in [5, 5.41) is 4.20. The van der Waals surface area contributed by atoms with Crippen LogP contribution >= 0.6 is 0 Å². The molecule has 2 N–H and O–H groups in total. The maximum absolute atomic E-state index is 5.67. The van der Waals surface area contributed by atoms with E-state index in [2.05, 4.69) is 10.1 Å². The SMILES string of the molecule is Cn1cnc(Cc2cccc(N)c2)n1. The van der Waals surface area contributed by atoms with Crippen molar-refractivity contribution >= 4 is 5.69 Å². The van der Waals surface area contributed by atoms with Crippen molar-refractivity contribution in [3.05, 3.63) is 42.0 Å². The van der Waals surface area contributed by atoms with Gasteiger partial charge in [-0.15, -0.1) is 0 Å². The summed E-state index contributed by atoms with van der Waals surface area (Å²) < 4.78 is 1.70. The second-order valence-corrected chi connectivity index (χ2v) is 3.26. The van der Waals surface area contributed by atoms with Crippen molar-refractivity contribution in [2.75, 3.05) is 5.73 Å². The Balaban J connectivity index is 2.18. The normalized spacial score (nSPS) is 10.4. The molecule has 0 saturated heterocycles. The van der Waals surface area contributed by atoms with E-state index in [0.717, 1.165) is 23.5 Å². The predicted octanol–water partition coefficient (Wildman–Crippen LogP) is 0.988. The molecule has 1 aromatic heterocycles. The number of nitrogens with two attached hydrogens (primary N) is 1. The van der Waals surface area contributed by atoms with Gasteiger partial charge in [0.05, 0.1) is 0 Å². The molecule has 0 saturated carbocycles. The molecule has 1 aromatic carbocycles. The van der Waals surface area contributed by atoms with Gasteiger partial charge in [0.25, 0.3) is 0 Å². The Morgan fingerprint density at radius 3 is 2.93 bits per heavy atom. The first-order valence-electron chi connectivity index (χ1n) is 4.43. The summed E-state index contributed by atoms with van der Waals surface area (Å²) in [6.45, 7) is 0. The molecule has 0 spiro atoms. The van der Waals surface area contributed by atoms with Crippen molar-refractivity contribution in [1.82, 2.24) is 14.8 Å². The molecule has 0 atom stereocenters. The lowest BCUT2D eigenvalue weighted by Crippen LogP contribution is -1.94. The van der Waals surface area contributed by atoms with Crippen LogP contribution in [0.4, 0.5) is 5.69 Å². The monoisotopic (exact) mass is 188 g/mol. The topological polar surface area (TPSA) is 56.7 Å². The van der Waals surface area contributed by atoms with Gasteiger partial charge in [-0.1, -0.05) is 12.1 Å². The van der Waals surface area contributed by atoms with Crippen LogP contribution in [0.15, 0.2) is 30.6 Å². The molecule has 0 bridgehead atoms. The Morgan fingerprint density at radius 2 is 2.29 bits per heavy atom. The van der Waals surface area contributed by atoms with Crippen molar-refractivity contribution in [2.45, 2.75) is 6.42 Å². The standard InChI is InChI=1S/C10H12N4/c1-14-7-12-10(13-14)6-8-3-2-4-9(11)5-8/h2-5,7H,6,11H2,1H3. The number of hydrogen-bond donors (Lipinski definition) is 1. The van der Waals surface area contributed by atoms with Gasteiger partial charge in [-0.3, -0.25) is 4.68 Å². The Labute approximate surface area is 82.4 Å². The van der Waals surface area contributed by atoms with Crippen LogP contribution in [0.3, 0.4) is 0 Å². The molecule has 14 heavy (non-hydrogen) atoms. The van der Waals surface area contributed by atoms with Crippen LogP contribution in [0.5, 0.6) is 0 Å². The fraction of sp³-hybridized carbons (Fsp3) is 0.200. The summed E-state index contributed by atoms with van der Waals surface area (Å²) in [6, 6.07) is 7.77. The first kappa shape index (κ1) is 8.74. The van der Waals surface area contributed by atoms with Crippen molar-refractivity contribution < 1.29 is 0 Å². The Morgan fingerprint density at radius 1 is 1.43 bits per heavy atom. The molecule has 0 radical (unpaired) electrons. The molecule has 0 amide bonds. The van der Waals surface area contributed by atoms with Crippen LogP contribution in [0.2, 0.25) is 0 Å².